The number of hydrogen-bond acceptors (Lipinski definition) is 1. The molecule has 0 amide bonds. The Morgan fingerprint density at radius 1 is 0.357 bits per heavy atom. The first-order chi connectivity index (χ1) is 20.8. The third-order valence-electron chi connectivity index (χ3n) is 9.67. The zero-order valence-electron chi connectivity index (χ0n) is 22.8. The molecule has 0 fully saturated rings. The Morgan fingerprint density at radius 3 is 1.62 bits per heavy atom. The van der Waals surface area contributed by atoms with Gasteiger partial charge in [-0.25, -0.2) is 0 Å². The zero-order chi connectivity index (χ0) is 27.4. The van der Waals surface area contributed by atoms with Crippen LogP contribution in [0.1, 0.15) is 22.3 Å². The van der Waals surface area contributed by atoms with E-state index in [2.05, 4.69) is 140 Å². The lowest BCUT2D eigenvalue weighted by atomic mass is 9.70. The maximum Gasteiger partial charge on any atom is 0.135 e. The van der Waals surface area contributed by atoms with Crippen LogP contribution in [0.2, 0.25) is 0 Å². The maximum atomic E-state index is 6.32. The van der Waals surface area contributed by atoms with Crippen LogP contribution in [-0.2, 0) is 5.41 Å². The molecule has 2 aliphatic carbocycles. The summed E-state index contributed by atoms with van der Waals surface area (Å²) < 4.78 is 6.32. The molecule has 1 nitrogen and oxygen atoms in total. The van der Waals surface area contributed by atoms with Gasteiger partial charge in [-0.2, -0.15) is 0 Å². The number of fused-ring (bicyclic) bond motifs is 12. The Kier molecular flexibility index (Phi) is 4.18. The molecule has 0 saturated carbocycles. The van der Waals surface area contributed by atoms with Gasteiger partial charge in [0.15, 0.2) is 0 Å². The van der Waals surface area contributed by atoms with Crippen LogP contribution >= 0.6 is 0 Å². The van der Waals surface area contributed by atoms with Crippen molar-refractivity contribution in [3.63, 3.8) is 0 Å². The van der Waals surface area contributed by atoms with Crippen LogP contribution in [-0.4, -0.2) is 0 Å². The van der Waals surface area contributed by atoms with Gasteiger partial charge in [-0.05, 0) is 96.9 Å². The molecule has 1 heteroatoms. The van der Waals surface area contributed by atoms with Gasteiger partial charge in [0.2, 0.25) is 0 Å². The van der Waals surface area contributed by atoms with E-state index < -0.39 is 0 Å². The van der Waals surface area contributed by atoms with Crippen molar-refractivity contribution in [2.75, 3.05) is 0 Å². The fourth-order valence-electron chi connectivity index (χ4n) is 8.03. The molecule has 0 aromatic heterocycles. The molecule has 1 heterocycles. The second-order valence-electron chi connectivity index (χ2n) is 11.6. The molecule has 0 bridgehead atoms. The fraction of sp³-hybridized carbons (Fsp3) is 0.0244. The molecule has 10 rings (SSSR count). The highest BCUT2D eigenvalue weighted by Gasteiger charge is 2.51. The minimum atomic E-state index is -0.339. The number of ether oxygens (including phenoxy) is 1. The highest BCUT2D eigenvalue weighted by Crippen LogP contribution is 2.63. The van der Waals surface area contributed by atoms with Crippen molar-refractivity contribution in [1.29, 1.82) is 0 Å². The lowest BCUT2D eigenvalue weighted by Gasteiger charge is -2.30. The predicted octanol–water partition coefficient (Wildman–Crippen LogP) is 10.6. The minimum absolute atomic E-state index is 0.339. The van der Waals surface area contributed by atoms with E-state index in [-0.39, 0.29) is 5.41 Å². The number of para-hydroxylation sites is 1. The maximum absolute atomic E-state index is 6.32. The van der Waals surface area contributed by atoms with E-state index in [0.29, 0.717) is 0 Å². The van der Waals surface area contributed by atoms with Gasteiger partial charge in [0, 0.05) is 10.9 Å². The van der Waals surface area contributed by atoms with Crippen molar-refractivity contribution in [2.45, 2.75) is 5.41 Å². The molecular formula is C41H24O. The lowest BCUT2D eigenvalue weighted by Crippen LogP contribution is -2.25. The SMILES string of the molecule is c1ccc2c(c1)Oc1cccc3cc(-c4ccc5c(c4)C4(c6ccccc6-c6ccccc64)c4ccccc4-5)cc-2c13. The van der Waals surface area contributed by atoms with E-state index in [0.717, 1.165) is 17.1 Å². The first kappa shape index (κ1) is 22.3. The lowest BCUT2D eigenvalue weighted by molar-refractivity contribution is 0.487. The summed E-state index contributed by atoms with van der Waals surface area (Å²) in [5.74, 6) is 1.84. The summed E-state index contributed by atoms with van der Waals surface area (Å²) in [6.45, 7) is 0. The summed E-state index contributed by atoms with van der Waals surface area (Å²) in [5.41, 5.74) is 15.3. The molecule has 0 radical (unpaired) electrons. The molecule has 1 aliphatic heterocycles. The van der Waals surface area contributed by atoms with Gasteiger partial charge in [0.05, 0.1) is 5.41 Å². The normalized spacial score (nSPS) is 14.1. The van der Waals surface area contributed by atoms with Crippen LogP contribution in [0.25, 0.3) is 55.3 Å². The average Bonchev–Trinajstić information content (AvgIpc) is 3.52. The van der Waals surface area contributed by atoms with E-state index in [9.17, 15) is 0 Å². The first-order valence-electron chi connectivity index (χ1n) is 14.6. The monoisotopic (exact) mass is 532 g/mol. The van der Waals surface area contributed by atoms with Crippen LogP contribution < -0.4 is 4.74 Å². The Bertz CT molecular complexity index is 2230. The van der Waals surface area contributed by atoms with Crippen molar-refractivity contribution in [2.24, 2.45) is 0 Å². The largest absolute Gasteiger partial charge is 0.456 e. The van der Waals surface area contributed by atoms with Crippen molar-refractivity contribution in [1.82, 2.24) is 0 Å². The molecule has 0 N–H and O–H groups in total. The molecule has 3 aliphatic rings. The second-order valence-corrected chi connectivity index (χ2v) is 11.6. The van der Waals surface area contributed by atoms with Crippen LogP contribution in [0.15, 0.2) is 146 Å². The Balaban J connectivity index is 1.28. The highest BCUT2D eigenvalue weighted by atomic mass is 16.5. The van der Waals surface area contributed by atoms with Crippen molar-refractivity contribution < 1.29 is 4.74 Å². The Labute approximate surface area is 244 Å². The molecule has 0 atom stereocenters. The Morgan fingerprint density at radius 2 is 0.929 bits per heavy atom. The summed E-state index contributed by atoms with van der Waals surface area (Å²) in [6, 6.07) is 53.6. The van der Waals surface area contributed by atoms with Crippen molar-refractivity contribution >= 4 is 10.8 Å². The molecule has 194 valence electrons. The molecule has 7 aromatic rings. The van der Waals surface area contributed by atoms with E-state index in [4.69, 9.17) is 4.74 Å². The third kappa shape index (κ3) is 2.64. The van der Waals surface area contributed by atoms with E-state index in [1.54, 1.807) is 0 Å². The zero-order valence-corrected chi connectivity index (χ0v) is 22.8. The van der Waals surface area contributed by atoms with E-state index >= 15 is 0 Å². The summed E-state index contributed by atoms with van der Waals surface area (Å²) in [7, 11) is 0. The fourth-order valence-corrected chi connectivity index (χ4v) is 8.03. The quantitative estimate of drug-likeness (QED) is 0.204. The average molecular weight is 533 g/mol. The number of rotatable bonds is 1. The summed E-state index contributed by atoms with van der Waals surface area (Å²) in [5, 5.41) is 2.38. The topological polar surface area (TPSA) is 9.23 Å². The van der Waals surface area contributed by atoms with Gasteiger partial charge in [0.25, 0.3) is 0 Å². The number of hydrogen-bond donors (Lipinski definition) is 0. The second kappa shape index (κ2) is 7.87. The Hall–Kier alpha value is -5.40. The van der Waals surface area contributed by atoms with Gasteiger partial charge in [-0.1, -0.05) is 115 Å². The van der Waals surface area contributed by atoms with Gasteiger partial charge in [-0.15, -0.1) is 0 Å². The highest BCUT2D eigenvalue weighted by molar-refractivity contribution is 6.06. The summed E-state index contributed by atoms with van der Waals surface area (Å²) in [6.07, 6.45) is 0. The van der Waals surface area contributed by atoms with Crippen LogP contribution in [0.3, 0.4) is 0 Å². The van der Waals surface area contributed by atoms with E-state index in [1.165, 1.54) is 72.0 Å². The third-order valence-corrected chi connectivity index (χ3v) is 9.67. The van der Waals surface area contributed by atoms with E-state index in [1.807, 2.05) is 6.07 Å². The molecule has 1 spiro atoms. The van der Waals surface area contributed by atoms with Gasteiger partial charge < -0.3 is 4.74 Å². The van der Waals surface area contributed by atoms with Crippen LogP contribution in [0.4, 0.5) is 0 Å². The summed E-state index contributed by atoms with van der Waals surface area (Å²) >= 11 is 0. The standard InChI is InChI=1S/C41H24O/c1-5-15-34-28(11-1)29-12-2-6-16-35(29)41(34)36-17-7-3-13-30(36)31-21-20-25(24-37(31)41)27-22-26-10-9-19-39-40(26)33(23-27)32-14-4-8-18-38(32)42-39/h1-24H. The smallest absolute Gasteiger partial charge is 0.135 e. The van der Waals surface area contributed by atoms with Crippen molar-refractivity contribution in [3.8, 4) is 56.0 Å². The first-order valence-corrected chi connectivity index (χ1v) is 14.6. The van der Waals surface area contributed by atoms with Crippen molar-refractivity contribution in [3.05, 3.63) is 168 Å². The predicted molar refractivity (Wildman–Crippen MR) is 171 cm³/mol. The minimum Gasteiger partial charge on any atom is -0.456 e. The number of benzene rings is 7. The van der Waals surface area contributed by atoms with Crippen LogP contribution in [0, 0.1) is 0 Å². The van der Waals surface area contributed by atoms with Crippen LogP contribution in [0.5, 0.6) is 11.5 Å². The molecular weight excluding hydrogens is 508 g/mol. The van der Waals surface area contributed by atoms with Gasteiger partial charge in [0.1, 0.15) is 11.5 Å². The summed E-state index contributed by atoms with van der Waals surface area (Å²) in [4.78, 5) is 0. The molecule has 0 saturated heterocycles. The molecule has 0 unspecified atom stereocenters. The van der Waals surface area contributed by atoms with Gasteiger partial charge >= 0.3 is 0 Å². The molecule has 42 heavy (non-hydrogen) atoms. The van der Waals surface area contributed by atoms with Gasteiger partial charge in [-0.3, -0.25) is 0 Å². The molecule has 7 aromatic carbocycles.